The first kappa shape index (κ1) is 54.9. The second-order valence-electron chi connectivity index (χ2n) is 32.5. The van der Waals surface area contributed by atoms with E-state index in [9.17, 15) is 0 Å². The molecule has 2 aliphatic carbocycles. The van der Waals surface area contributed by atoms with Crippen LogP contribution in [0.4, 0.5) is 34.1 Å². The van der Waals surface area contributed by atoms with E-state index in [0.717, 1.165) is 12.8 Å². The summed E-state index contributed by atoms with van der Waals surface area (Å²) in [6.07, 6.45) is 4.67. The third kappa shape index (κ3) is 8.68. The second kappa shape index (κ2) is 17.2. The molecule has 4 heteroatoms. The molecule has 0 bridgehead atoms. The first-order valence-corrected chi connectivity index (χ1v) is 30.6. The lowest BCUT2D eigenvalue weighted by Gasteiger charge is -2.50. The molecule has 0 radical (unpaired) electrons. The van der Waals surface area contributed by atoms with Crippen LogP contribution in [0.5, 0.6) is 0 Å². The highest BCUT2D eigenvalue weighted by molar-refractivity contribution is 7.33. The molecule has 3 heterocycles. The minimum absolute atomic E-state index is 0.00563. The number of anilines is 6. The molecule has 2 nitrogen and oxygen atoms in total. The van der Waals surface area contributed by atoms with Gasteiger partial charge in [0.1, 0.15) is 0 Å². The normalized spacial score (nSPS) is 18.3. The van der Waals surface area contributed by atoms with Crippen molar-refractivity contribution in [2.45, 2.75) is 234 Å². The minimum atomic E-state index is -0.150. The van der Waals surface area contributed by atoms with E-state index in [1.165, 1.54) is 112 Å². The van der Waals surface area contributed by atoms with E-state index in [-0.39, 0.29) is 55.4 Å². The zero-order valence-corrected chi connectivity index (χ0v) is 53.3. The maximum Gasteiger partial charge on any atom is 0.264 e. The molecule has 0 spiro atoms. The average molecular weight is 1050 g/mol. The number of nitrogens with zero attached hydrogens (tertiary/aromatic N) is 2. The predicted octanol–water partition coefficient (Wildman–Crippen LogP) is 19.8. The number of fused-ring (bicyclic) bond motifs is 8. The molecule has 0 unspecified atom stereocenters. The Bertz CT molecular complexity index is 3540. The summed E-state index contributed by atoms with van der Waals surface area (Å²) >= 11 is 2.02. The molecule has 0 saturated carbocycles. The third-order valence-corrected chi connectivity index (χ3v) is 20.7. The number of thiophene rings is 1. The van der Waals surface area contributed by atoms with Crippen molar-refractivity contribution in [3.63, 3.8) is 0 Å². The lowest BCUT2D eigenvalue weighted by atomic mass is 9.36. The Morgan fingerprint density at radius 2 is 0.846 bits per heavy atom. The molecular formula is C74H93BN2S. The lowest BCUT2D eigenvalue weighted by Crippen LogP contribution is -2.60. The number of rotatable bonds is 3. The molecule has 0 N–H and O–H groups in total. The van der Waals surface area contributed by atoms with E-state index in [0.29, 0.717) is 0 Å². The SMILES string of the molecule is CC(C)(C)c1ccc(N2c3cc(C(C)(C)C)cc4c3B(c3cc(C(C)(C)C)ccc3N4c3ccc(C(C)(C)C)cc3-c3c4c(cc5c3C(C)(C)CCC5(C)C)C(C)(C)CCC4(C)C)c3sc4ccc(C(C)(C)C)cc4c32)cc1. The van der Waals surface area contributed by atoms with Crippen molar-refractivity contribution in [2.24, 2.45) is 0 Å². The van der Waals surface area contributed by atoms with Gasteiger partial charge in [-0.3, -0.25) is 0 Å². The van der Waals surface area contributed by atoms with Crippen molar-refractivity contribution in [3.8, 4) is 11.1 Å². The first-order chi connectivity index (χ1) is 35.8. The smallest absolute Gasteiger partial charge is 0.264 e. The van der Waals surface area contributed by atoms with Gasteiger partial charge in [0.05, 0.1) is 11.4 Å². The molecule has 0 amide bonds. The molecule has 1 aromatic heterocycles. The molecule has 7 aromatic rings. The zero-order valence-electron chi connectivity index (χ0n) is 52.4. The first-order valence-electron chi connectivity index (χ1n) is 29.8. The Morgan fingerprint density at radius 1 is 0.410 bits per heavy atom. The predicted molar refractivity (Wildman–Crippen MR) is 345 cm³/mol. The number of hydrogen-bond acceptors (Lipinski definition) is 3. The molecule has 2 aliphatic heterocycles. The van der Waals surface area contributed by atoms with Gasteiger partial charge in [0.15, 0.2) is 0 Å². The van der Waals surface area contributed by atoms with Gasteiger partial charge in [-0.1, -0.05) is 202 Å². The van der Waals surface area contributed by atoms with Crippen molar-refractivity contribution in [3.05, 3.63) is 147 Å². The van der Waals surface area contributed by atoms with Gasteiger partial charge >= 0.3 is 0 Å². The van der Waals surface area contributed by atoms with Gasteiger partial charge in [0.2, 0.25) is 0 Å². The Kier molecular flexibility index (Phi) is 12.1. The fourth-order valence-electron chi connectivity index (χ4n) is 14.1. The van der Waals surface area contributed by atoms with Crippen LogP contribution in [0.15, 0.2) is 97.1 Å². The average Bonchev–Trinajstić information content (AvgIpc) is 3.83. The van der Waals surface area contributed by atoms with E-state index in [1.807, 2.05) is 11.3 Å². The highest BCUT2D eigenvalue weighted by Crippen LogP contribution is 2.60. The van der Waals surface area contributed by atoms with Crippen molar-refractivity contribution < 1.29 is 0 Å². The number of hydrogen-bond donors (Lipinski definition) is 0. The standard InChI is InChI=1S/C74H93BN2S/c1-66(2,3)44-24-29-49(30-25-44)76-57-41-48(70(13,14)15)42-58-63(57)75(65-64(76)51-39-46(68(7,8)9)28-33-59(51)78-65)54-40-47(69(10,11)12)27-32-56(54)77(58)55-31-26-45(67(4,5)6)38-50(55)60-61-52(71(16,17)34-36-73(61,20)21)43-53-62(60)74(22,23)37-35-72(53,18)19/h24-33,38-43H,34-37H2,1-23H3. The van der Waals surface area contributed by atoms with Crippen molar-refractivity contribution in [1.82, 2.24) is 0 Å². The molecule has 4 aliphatic rings. The molecule has 0 saturated heterocycles. The van der Waals surface area contributed by atoms with E-state index < -0.39 is 0 Å². The van der Waals surface area contributed by atoms with E-state index in [4.69, 9.17) is 0 Å². The Morgan fingerprint density at radius 3 is 1.36 bits per heavy atom. The number of benzene rings is 6. The highest BCUT2D eigenvalue weighted by atomic mass is 32.1. The Hall–Kier alpha value is -5.06. The molecule has 0 atom stereocenters. The van der Waals surface area contributed by atoms with Crippen LogP contribution in [0.3, 0.4) is 0 Å². The van der Waals surface area contributed by atoms with Crippen molar-refractivity contribution in [1.29, 1.82) is 0 Å². The lowest BCUT2D eigenvalue weighted by molar-refractivity contribution is 0.314. The monoisotopic (exact) mass is 1050 g/mol. The van der Waals surface area contributed by atoms with Gasteiger partial charge in [0.25, 0.3) is 6.71 Å². The highest BCUT2D eigenvalue weighted by Gasteiger charge is 2.50. The van der Waals surface area contributed by atoms with Gasteiger partial charge in [-0.25, -0.2) is 0 Å². The summed E-state index contributed by atoms with van der Waals surface area (Å²) in [7, 11) is 0. The van der Waals surface area contributed by atoms with Crippen LogP contribution in [0.2, 0.25) is 0 Å². The van der Waals surface area contributed by atoms with Gasteiger partial charge < -0.3 is 9.80 Å². The summed E-state index contributed by atoms with van der Waals surface area (Å²) in [6.45, 7) is 56.2. The quantitative estimate of drug-likeness (QED) is 0.163. The van der Waals surface area contributed by atoms with Gasteiger partial charge in [0, 0.05) is 43.2 Å². The largest absolute Gasteiger partial charge is 0.311 e. The molecular weight excluding hydrogens is 960 g/mol. The van der Waals surface area contributed by atoms with Crippen molar-refractivity contribution >= 4 is 78.0 Å². The van der Waals surface area contributed by atoms with Gasteiger partial charge in [-0.15, -0.1) is 11.3 Å². The summed E-state index contributed by atoms with van der Waals surface area (Å²) in [4.78, 5) is 5.50. The minimum Gasteiger partial charge on any atom is -0.311 e. The maximum atomic E-state index is 2.79. The van der Waals surface area contributed by atoms with Crippen molar-refractivity contribution in [2.75, 3.05) is 9.80 Å². The van der Waals surface area contributed by atoms with Crippen LogP contribution in [0, 0.1) is 0 Å². The topological polar surface area (TPSA) is 6.48 Å². The molecule has 6 aromatic carbocycles. The van der Waals surface area contributed by atoms with Crippen LogP contribution in [0.25, 0.3) is 21.2 Å². The van der Waals surface area contributed by atoms with E-state index in [2.05, 4.69) is 266 Å². The van der Waals surface area contributed by atoms with Crippen LogP contribution >= 0.6 is 11.3 Å². The molecule has 11 rings (SSSR count). The summed E-state index contributed by atoms with van der Waals surface area (Å²) in [6, 6.07) is 40.3. The van der Waals surface area contributed by atoms with Crippen LogP contribution in [-0.2, 0) is 48.7 Å². The van der Waals surface area contributed by atoms with Crippen LogP contribution < -0.4 is 25.5 Å². The van der Waals surface area contributed by atoms with Gasteiger partial charge in [-0.05, 0) is 196 Å². The van der Waals surface area contributed by atoms with E-state index in [1.54, 1.807) is 22.3 Å². The molecule has 0 fully saturated rings. The summed E-state index contributed by atoms with van der Waals surface area (Å²) in [5, 5.41) is 1.35. The Balaban J connectivity index is 1.34. The zero-order chi connectivity index (χ0) is 56.8. The molecule has 78 heavy (non-hydrogen) atoms. The second-order valence-corrected chi connectivity index (χ2v) is 33.6. The summed E-state index contributed by atoms with van der Waals surface area (Å²) < 4.78 is 2.78. The third-order valence-electron chi connectivity index (χ3n) is 19.5. The summed E-state index contributed by atoms with van der Waals surface area (Å²) in [5.41, 5.74) is 26.3. The molecule has 408 valence electrons. The fraction of sp³-hybridized carbons (Fsp3) is 0.486. The van der Waals surface area contributed by atoms with Crippen LogP contribution in [-0.4, -0.2) is 6.71 Å². The Labute approximate surface area is 476 Å². The maximum absolute atomic E-state index is 2.79. The summed E-state index contributed by atoms with van der Waals surface area (Å²) in [5.74, 6) is 0. The fourth-order valence-corrected chi connectivity index (χ4v) is 15.4. The van der Waals surface area contributed by atoms with E-state index >= 15 is 0 Å². The van der Waals surface area contributed by atoms with Crippen LogP contribution in [0.1, 0.15) is 235 Å². The van der Waals surface area contributed by atoms with Gasteiger partial charge in [-0.2, -0.15) is 0 Å².